The van der Waals surface area contributed by atoms with Crippen molar-refractivity contribution in [3.63, 3.8) is 0 Å². The van der Waals surface area contributed by atoms with Crippen molar-refractivity contribution in [2.24, 2.45) is 10.9 Å². The van der Waals surface area contributed by atoms with E-state index in [0.717, 1.165) is 10.4 Å². The minimum atomic E-state index is -0.103. The summed E-state index contributed by atoms with van der Waals surface area (Å²) in [6, 6.07) is 13.7. The van der Waals surface area contributed by atoms with E-state index < -0.39 is 0 Å². The molecule has 2 amide bonds. The maximum atomic E-state index is 12.8. The molecule has 0 unspecified atom stereocenters. The molecule has 3 rings (SSSR count). The number of carbonyl (C=O) groups excluding carboxylic acids is 2. The van der Waals surface area contributed by atoms with Gasteiger partial charge in [0.2, 0.25) is 5.91 Å². The highest BCUT2D eigenvalue weighted by Crippen LogP contribution is 2.26. The quantitative estimate of drug-likeness (QED) is 0.698. The minimum Gasteiger partial charge on any atom is -0.351 e. The molecule has 146 valence electrons. The Morgan fingerprint density at radius 1 is 1.25 bits per heavy atom. The van der Waals surface area contributed by atoms with Gasteiger partial charge in [0.25, 0.3) is 5.91 Å². The van der Waals surface area contributed by atoms with Gasteiger partial charge in [0.05, 0.1) is 5.75 Å². The van der Waals surface area contributed by atoms with E-state index in [1.165, 1.54) is 11.8 Å². The number of nitrogens with one attached hydrogen (secondary N) is 1. The fraction of sp³-hybridized carbons (Fsp3) is 0.286. The lowest BCUT2D eigenvalue weighted by Gasteiger charge is -2.19. The number of hydrogen-bond donors (Lipinski definition) is 1. The first-order valence-electron chi connectivity index (χ1n) is 9.12. The highest BCUT2D eigenvalue weighted by Gasteiger charge is 2.31. The number of thiophene rings is 1. The van der Waals surface area contributed by atoms with Crippen LogP contribution in [0.3, 0.4) is 0 Å². The number of aliphatic imine (C=N–C) groups is 1. The second kappa shape index (κ2) is 9.71. The molecule has 0 radical (unpaired) electrons. The van der Waals surface area contributed by atoms with Gasteiger partial charge in [-0.2, -0.15) is 0 Å². The van der Waals surface area contributed by atoms with E-state index in [0.29, 0.717) is 29.9 Å². The van der Waals surface area contributed by atoms with Crippen LogP contribution in [0.2, 0.25) is 0 Å². The molecule has 1 N–H and O–H groups in total. The molecule has 0 fully saturated rings. The van der Waals surface area contributed by atoms with E-state index in [2.05, 4.69) is 24.2 Å². The molecule has 1 aliphatic rings. The number of thioether (sulfide) groups is 1. The number of rotatable bonds is 7. The van der Waals surface area contributed by atoms with Crippen LogP contribution < -0.4 is 5.32 Å². The van der Waals surface area contributed by atoms with Crippen LogP contribution in [0.5, 0.6) is 0 Å². The Balaban J connectivity index is 1.63. The third-order valence-corrected chi connectivity index (χ3v) is 5.74. The van der Waals surface area contributed by atoms with Crippen LogP contribution in [0.4, 0.5) is 0 Å². The summed E-state index contributed by atoms with van der Waals surface area (Å²) in [7, 11) is 0. The average molecular weight is 414 g/mol. The molecule has 0 atom stereocenters. The zero-order chi connectivity index (χ0) is 19.9. The van der Waals surface area contributed by atoms with Crippen molar-refractivity contribution in [2.45, 2.75) is 20.4 Å². The van der Waals surface area contributed by atoms with Gasteiger partial charge in [-0.3, -0.25) is 14.5 Å². The fourth-order valence-electron chi connectivity index (χ4n) is 2.65. The van der Waals surface area contributed by atoms with Gasteiger partial charge in [-0.1, -0.05) is 62.0 Å². The molecule has 0 spiro atoms. The highest BCUT2D eigenvalue weighted by atomic mass is 32.2. The van der Waals surface area contributed by atoms with E-state index in [1.54, 1.807) is 16.2 Å². The highest BCUT2D eigenvalue weighted by molar-refractivity contribution is 8.14. The lowest BCUT2D eigenvalue weighted by Crippen LogP contribution is -2.35. The van der Waals surface area contributed by atoms with E-state index in [1.807, 2.05) is 53.9 Å². The maximum absolute atomic E-state index is 12.8. The monoisotopic (exact) mass is 413 g/mol. The van der Waals surface area contributed by atoms with Crippen molar-refractivity contribution in [3.8, 4) is 0 Å². The minimum absolute atomic E-state index is 0.0795. The number of amidine groups is 1. The molecule has 0 aliphatic carbocycles. The summed E-state index contributed by atoms with van der Waals surface area (Å²) in [5.74, 6) is 0.348. The predicted molar refractivity (Wildman–Crippen MR) is 117 cm³/mol. The zero-order valence-electron chi connectivity index (χ0n) is 15.9. The van der Waals surface area contributed by atoms with Crippen molar-refractivity contribution < 1.29 is 9.59 Å². The molecule has 5 nitrogen and oxygen atoms in total. The molecule has 7 heteroatoms. The number of hydrogen-bond acceptors (Lipinski definition) is 5. The third kappa shape index (κ3) is 5.56. The first kappa shape index (κ1) is 20.4. The molecule has 0 saturated heterocycles. The number of benzene rings is 1. The normalized spacial score (nSPS) is 15.4. The Kier molecular flexibility index (Phi) is 7.06. The average Bonchev–Trinajstić information content (AvgIpc) is 3.29. The van der Waals surface area contributed by atoms with Gasteiger partial charge < -0.3 is 5.32 Å². The number of nitrogens with zero attached hydrogens (tertiary/aromatic N) is 2. The molecule has 0 saturated carbocycles. The molecule has 2 heterocycles. The zero-order valence-corrected chi connectivity index (χ0v) is 17.6. The van der Waals surface area contributed by atoms with Crippen molar-refractivity contribution in [2.75, 3.05) is 12.3 Å². The molecular weight excluding hydrogens is 390 g/mol. The Hall–Kier alpha value is -2.38. The van der Waals surface area contributed by atoms with Crippen LogP contribution in [0, 0.1) is 5.92 Å². The third-order valence-electron chi connectivity index (χ3n) is 3.95. The van der Waals surface area contributed by atoms with E-state index in [9.17, 15) is 9.59 Å². The first-order chi connectivity index (χ1) is 13.5. The molecular formula is C21H23N3O2S2. The summed E-state index contributed by atoms with van der Waals surface area (Å²) < 4.78 is 0. The molecule has 1 aliphatic heterocycles. The first-order valence-corrected chi connectivity index (χ1v) is 11.0. The maximum Gasteiger partial charge on any atom is 0.278 e. The van der Waals surface area contributed by atoms with Crippen LogP contribution >= 0.6 is 23.1 Å². The van der Waals surface area contributed by atoms with Crippen LogP contribution in [0.15, 0.2) is 58.5 Å². The SMILES string of the molecule is CC(C)CN1C(=O)/C(=C\c2cccs2)N=C1SCC(=O)NCc1ccccc1. The van der Waals surface area contributed by atoms with Gasteiger partial charge in [-0.15, -0.1) is 11.3 Å². The van der Waals surface area contributed by atoms with Gasteiger partial charge in [0.1, 0.15) is 5.70 Å². The van der Waals surface area contributed by atoms with E-state index in [-0.39, 0.29) is 17.6 Å². The lowest BCUT2D eigenvalue weighted by atomic mass is 10.2. The molecule has 1 aromatic carbocycles. The number of carbonyl (C=O) groups is 2. The molecule has 1 aromatic heterocycles. The van der Waals surface area contributed by atoms with Gasteiger partial charge >= 0.3 is 0 Å². The second-order valence-corrected chi connectivity index (χ2v) is 8.72. The van der Waals surface area contributed by atoms with Crippen molar-refractivity contribution in [1.29, 1.82) is 0 Å². The smallest absolute Gasteiger partial charge is 0.278 e. The molecule has 0 bridgehead atoms. The number of amides is 2. The van der Waals surface area contributed by atoms with Gasteiger partial charge in [-0.25, -0.2) is 4.99 Å². The standard InChI is InChI=1S/C21H23N3O2S2/c1-15(2)13-24-20(26)18(11-17-9-6-10-27-17)23-21(24)28-14-19(25)22-12-16-7-4-3-5-8-16/h3-11,15H,12-14H2,1-2H3,(H,22,25)/b18-11+. The van der Waals surface area contributed by atoms with Crippen LogP contribution in [0.25, 0.3) is 6.08 Å². The fourth-order valence-corrected chi connectivity index (χ4v) is 4.14. The Bertz CT molecular complexity index is 874. The second-order valence-electron chi connectivity index (χ2n) is 6.80. The van der Waals surface area contributed by atoms with Crippen LogP contribution in [-0.4, -0.2) is 34.2 Å². The molecule has 2 aromatic rings. The van der Waals surface area contributed by atoms with E-state index >= 15 is 0 Å². The largest absolute Gasteiger partial charge is 0.351 e. The Labute approximate surface area is 173 Å². The van der Waals surface area contributed by atoms with Crippen LogP contribution in [0.1, 0.15) is 24.3 Å². The lowest BCUT2D eigenvalue weighted by molar-refractivity contribution is -0.123. The van der Waals surface area contributed by atoms with E-state index in [4.69, 9.17) is 0 Å². The van der Waals surface area contributed by atoms with Crippen molar-refractivity contribution in [1.82, 2.24) is 10.2 Å². The summed E-state index contributed by atoms with van der Waals surface area (Å²) >= 11 is 2.87. The van der Waals surface area contributed by atoms with Crippen LogP contribution in [-0.2, 0) is 16.1 Å². The van der Waals surface area contributed by atoms with Gasteiger partial charge in [-0.05, 0) is 29.0 Å². The summed E-state index contributed by atoms with van der Waals surface area (Å²) in [5, 5.41) is 5.47. The summed E-state index contributed by atoms with van der Waals surface area (Å²) in [5.41, 5.74) is 1.48. The van der Waals surface area contributed by atoms with Crippen molar-refractivity contribution >= 4 is 46.2 Å². The van der Waals surface area contributed by atoms with Gasteiger partial charge in [0.15, 0.2) is 5.17 Å². The summed E-state index contributed by atoms with van der Waals surface area (Å²) in [6.07, 6.45) is 1.81. The summed E-state index contributed by atoms with van der Waals surface area (Å²) in [4.78, 5) is 32.2. The van der Waals surface area contributed by atoms with Crippen molar-refractivity contribution in [3.05, 3.63) is 64.0 Å². The topological polar surface area (TPSA) is 61.8 Å². The summed E-state index contributed by atoms with van der Waals surface area (Å²) in [6.45, 7) is 5.19. The Morgan fingerprint density at radius 3 is 2.71 bits per heavy atom. The molecule has 28 heavy (non-hydrogen) atoms. The Morgan fingerprint density at radius 2 is 2.04 bits per heavy atom. The predicted octanol–water partition coefficient (Wildman–Crippen LogP) is 3.99. The van der Waals surface area contributed by atoms with Gasteiger partial charge in [0, 0.05) is 18.0 Å².